The Bertz CT molecular complexity index is 570. The van der Waals surface area contributed by atoms with Crippen molar-refractivity contribution in [2.45, 2.75) is 19.4 Å². The molecule has 0 aliphatic carbocycles. The van der Waals surface area contributed by atoms with E-state index in [1.807, 2.05) is 16.3 Å². The highest BCUT2D eigenvalue weighted by molar-refractivity contribution is 7.07. The largest absolute Gasteiger partial charge is 0.332 e. The first-order valence-electron chi connectivity index (χ1n) is 7.25. The number of carbonyl (C=O) groups is 1. The average molecular weight is 301 g/mol. The van der Waals surface area contributed by atoms with Crippen molar-refractivity contribution in [2.24, 2.45) is 5.92 Å². The molecular weight excluding hydrogens is 282 g/mol. The number of hydrogen-bond acceptors (Lipinski definition) is 3. The van der Waals surface area contributed by atoms with Gasteiger partial charge in [0.2, 0.25) is 0 Å². The molecule has 1 aromatic heterocycles. The summed E-state index contributed by atoms with van der Waals surface area (Å²) >= 11 is 1.55. The Balaban J connectivity index is 1.46. The standard InChI is InChI=1S/C16H19N3OS/c20-16(17-9-15-11-21-12-18-15)19-7-6-14(10-19)8-13-4-2-1-3-5-13/h1-5,11-12,14H,6-10H2,(H,17,20)/t14-/m0/s1. The fourth-order valence-corrected chi connectivity index (χ4v) is 3.29. The Labute approximate surface area is 128 Å². The molecule has 0 unspecified atom stereocenters. The molecule has 0 bridgehead atoms. The Morgan fingerprint density at radius 1 is 1.38 bits per heavy atom. The summed E-state index contributed by atoms with van der Waals surface area (Å²) in [6.07, 6.45) is 2.13. The van der Waals surface area contributed by atoms with Crippen molar-refractivity contribution in [3.63, 3.8) is 0 Å². The van der Waals surface area contributed by atoms with Gasteiger partial charge in [-0.15, -0.1) is 11.3 Å². The minimum Gasteiger partial charge on any atom is -0.332 e. The van der Waals surface area contributed by atoms with E-state index >= 15 is 0 Å². The van der Waals surface area contributed by atoms with E-state index in [0.717, 1.165) is 31.6 Å². The molecule has 2 heterocycles. The molecule has 1 N–H and O–H groups in total. The summed E-state index contributed by atoms with van der Waals surface area (Å²) in [7, 11) is 0. The van der Waals surface area contributed by atoms with E-state index in [1.165, 1.54) is 5.56 Å². The van der Waals surface area contributed by atoms with E-state index in [2.05, 4.69) is 34.6 Å². The smallest absolute Gasteiger partial charge is 0.317 e. The van der Waals surface area contributed by atoms with Gasteiger partial charge in [-0.1, -0.05) is 30.3 Å². The summed E-state index contributed by atoms with van der Waals surface area (Å²) in [5.74, 6) is 0.567. The van der Waals surface area contributed by atoms with Crippen LogP contribution in [0.4, 0.5) is 4.79 Å². The number of nitrogens with one attached hydrogen (secondary N) is 1. The zero-order valence-electron chi connectivity index (χ0n) is 11.9. The quantitative estimate of drug-likeness (QED) is 0.943. The van der Waals surface area contributed by atoms with E-state index in [1.54, 1.807) is 16.8 Å². The molecule has 0 saturated carbocycles. The van der Waals surface area contributed by atoms with Crippen LogP contribution in [0.3, 0.4) is 0 Å². The predicted molar refractivity (Wildman–Crippen MR) is 84.2 cm³/mol. The lowest BCUT2D eigenvalue weighted by molar-refractivity contribution is 0.206. The Kier molecular flexibility index (Phi) is 4.50. The number of carbonyl (C=O) groups excluding carboxylic acids is 1. The number of benzene rings is 1. The zero-order valence-corrected chi connectivity index (χ0v) is 12.7. The van der Waals surface area contributed by atoms with Crippen LogP contribution >= 0.6 is 11.3 Å². The monoisotopic (exact) mass is 301 g/mol. The number of urea groups is 1. The van der Waals surface area contributed by atoms with Crippen LogP contribution in [0.1, 0.15) is 17.7 Å². The van der Waals surface area contributed by atoms with Gasteiger partial charge < -0.3 is 10.2 Å². The number of thiazole rings is 1. The lowest BCUT2D eigenvalue weighted by Crippen LogP contribution is -2.38. The van der Waals surface area contributed by atoms with Crippen LogP contribution in [0.25, 0.3) is 0 Å². The summed E-state index contributed by atoms with van der Waals surface area (Å²) in [4.78, 5) is 18.2. The maximum Gasteiger partial charge on any atom is 0.317 e. The summed E-state index contributed by atoms with van der Waals surface area (Å²) in [6.45, 7) is 2.21. The Morgan fingerprint density at radius 2 is 2.24 bits per heavy atom. The average Bonchev–Trinajstić information content (AvgIpc) is 3.17. The third-order valence-electron chi connectivity index (χ3n) is 3.84. The van der Waals surface area contributed by atoms with Crippen LogP contribution in [-0.2, 0) is 13.0 Å². The maximum absolute atomic E-state index is 12.1. The highest BCUT2D eigenvalue weighted by atomic mass is 32.1. The fraction of sp³-hybridized carbons (Fsp3) is 0.375. The zero-order chi connectivity index (χ0) is 14.5. The molecule has 5 heteroatoms. The van der Waals surface area contributed by atoms with Crippen LogP contribution in [0.5, 0.6) is 0 Å². The van der Waals surface area contributed by atoms with Crippen LogP contribution in [-0.4, -0.2) is 29.0 Å². The van der Waals surface area contributed by atoms with Gasteiger partial charge in [0.1, 0.15) is 0 Å². The maximum atomic E-state index is 12.1. The van der Waals surface area contributed by atoms with E-state index in [-0.39, 0.29) is 6.03 Å². The van der Waals surface area contributed by atoms with Gasteiger partial charge in [-0.25, -0.2) is 9.78 Å². The predicted octanol–water partition coefficient (Wildman–Crippen LogP) is 2.92. The minimum absolute atomic E-state index is 0.0264. The highest BCUT2D eigenvalue weighted by Crippen LogP contribution is 2.20. The Hall–Kier alpha value is -1.88. The van der Waals surface area contributed by atoms with E-state index < -0.39 is 0 Å². The van der Waals surface area contributed by atoms with Crippen LogP contribution in [0.15, 0.2) is 41.2 Å². The van der Waals surface area contributed by atoms with Crippen molar-refractivity contribution in [1.29, 1.82) is 0 Å². The first kappa shape index (κ1) is 14.1. The number of nitrogens with zero attached hydrogens (tertiary/aromatic N) is 2. The minimum atomic E-state index is 0.0264. The van der Waals surface area contributed by atoms with Crippen molar-refractivity contribution in [3.05, 3.63) is 52.5 Å². The molecule has 110 valence electrons. The van der Waals surface area contributed by atoms with Gasteiger partial charge in [0, 0.05) is 18.5 Å². The van der Waals surface area contributed by atoms with Crippen LogP contribution in [0.2, 0.25) is 0 Å². The number of aromatic nitrogens is 1. The molecule has 2 amide bonds. The van der Waals surface area contributed by atoms with Gasteiger partial charge in [0.25, 0.3) is 0 Å². The second kappa shape index (κ2) is 6.72. The van der Waals surface area contributed by atoms with E-state index in [4.69, 9.17) is 0 Å². The van der Waals surface area contributed by atoms with Gasteiger partial charge in [-0.3, -0.25) is 0 Å². The number of rotatable bonds is 4. The van der Waals surface area contributed by atoms with Gasteiger partial charge in [0.05, 0.1) is 17.7 Å². The van der Waals surface area contributed by atoms with Gasteiger partial charge in [0.15, 0.2) is 0 Å². The fourth-order valence-electron chi connectivity index (χ4n) is 2.73. The molecule has 3 rings (SSSR count). The molecular formula is C16H19N3OS. The van der Waals surface area contributed by atoms with Crippen molar-refractivity contribution >= 4 is 17.4 Å². The highest BCUT2D eigenvalue weighted by Gasteiger charge is 2.26. The van der Waals surface area contributed by atoms with E-state index in [0.29, 0.717) is 12.5 Å². The van der Waals surface area contributed by atoms with Crippen LogP contribution in [0, 0.1) is 5.92 Å². The molecule has 1 aliphatic rings. The molecule has 4 nitrogen and oxygen atoms in total. The lowest BCUT2D eigenvalue weighted by Gasteiger charge is -2.17. The molecule has 0 radical (unpaired) electrons. The molecule has 1 fully saturated rings. The summed E-state index contributed by atoms with van der Waals surface area (Å²) < 4.78 is 0. The topological polar surface area (TPSA) is 45.2 Å². The molecule has 1 saturated heterocycles. The summed E-state index contributed by atoms with van der Waals surface area (Å²) in [5.41, 5.74) is 4.06. The summed E-state index contributed by atoms with van der Waals surface area (Å²) in [6, 6.07) is 10.5. The first-order chi connectivity index (χ1) is 10.3. The second-order valence-corrected chi connectivity index (χ2v) is 6.15. The molecule has 0 spiro atoms. The third-order valence-corrected chi connectivity index (χ3v) is 4.48. The Morgan fingerprint density at radius 3 is 3.00 bits per heavy atom. The number of amides is 2. The lowest BCUT2D eigenvalue weighted by atomic mass is 9.99. The third kappa shape index (κ3) is 3.82. The van der Waals surface area contributed by atoms with Crippen molar-refractivity contribution < 1.29 is 4.79 Å². The van der Waals surface area contributed by atoms with Crippen molar-refractivity contribution in [2.75, 3.05) is 13.1 Å². The number of likely N-dealkylation sites (tertiary alicyclic amines) is 1. The second-order valence-electron chi connectivity index (χ2n) is 5.43. The van der Waals surface area contributed by atoms with Gasteiger partial charge >= 0.3 is 6.03 Å². The molecule has 1 aliphatic heterocycles. The van der Waals surface area contributed by atoms with Crippen molar-refractivity contribution in [3.8, 4) is 0 Å². The molecule has 21 heavy (non-hydrogen) atoms. The molecule has 1 aromatic carbocycles. The normalized spacial score (nSPS) is 17.9. The first-order valence-corrected chi connectivity index (χ1v) is 8.19. The van der Waals surface area contributed by atoms with E-state index in [9.17, 15) is 4.79 Å². The number of hydrogen-bond donors (Lipinski definition) is 1. The van der Waals surface area contributed by atoms with Gasteiger partial charge in [-0.2, -0.15) is 0 Å². The van der Waals surface area contributed by atoms with Crippen molar-refractivity contribution in [1.82, 2.24) is 15.2 Å². The molecule has 1 atom stereocenters. The van der Waals surface area contributed by atoms with Crippen LogP contribution < -0.4 is 5.32 Å². The molecule has 2 aromatic rings. The SMILES string of the molecule is O=C(NCc1cscn1)N1CC[C@@H](Cc2ccccc2)C1. The van der Waals surface area contributed by atoms with Gasteiger partial charge in [-0.05, 0) is 24.3 Å². The summed E-state index contributed by atoms with van der Waals surface area (Å²) in [5, 5.41) is 4.90.